The molecule has 0 radical (unpaired) electrons. The van der Waals surface area contributed by atoms with Gasteiger partial charge < -0.3 is 14.9 Å². The topological polar surface area (TPSA) is 26.7 Å². The summed E-state index contributed by atoms with van der Waals surface area (Å²) in [7, 11) is 6.77. The third kappa shape index (κ3) is 2.37. The smallest absolute Gasteiger partial charge is 0.0757 e. The van der Waals surface area contributed by atoms with Gasteiger partial charge in [-0.3, -0.25) is 0 Å². The summed E-state index contributed by atoms with van der Waals surface area (Å²) in [6, 6.07) is 1.38. The first-order valence-corrected chi connectivity index (χ1v) is 11.5. The SMILES string of the molecule is C[C@H]1[C@H]2CC[C@@H]3[C@@H]4[C@H](O)C=C5C[C@@H](N(C)C)CC[C@]5(C)[C@@H]4CC[C@@]32CN1C. The highest BCUT2D eigenvalue weighted by molar-refractivity contribution is 5.29. The van der Waals surface area contributed by atoms with E-state index < -0.39 is 0 Å². The van der Waals surface area contributed by atoms with Crippen molar-refractivity contribution in [1.29, 1.82) is 0 Å². The number of aliphatic hydroxyl groups is 1. The Morgan fingerprint density at radius 3 is 2.56 bits per heavy atom. The van der Waals surface area contributed by atoms with Crippen LogP contribution in [0, 0.1) is 34.5 Å². The van der Waals surface area contributed by atoms with Crippen LogP contribution >= 0.6 is 0 Å². The van der Waals surface area contributed by atoms with E-state index in [9.17, 15) is 5.11 Å². The van der Waals surface area contributed by atoms with Gasteiger partial charge in [0.2, 0.25) is 0 Å². The zero-order valence-electron chi connectivity index (χ0n) is 18.1. The molecule has 0 amide bonds. The van der Waals surface area contributed by atoms with Crippen LogP contribution in [0.2, 0.25) is 0 Å². The summed E-state index contributed by atoms with van der Waals surface area (Å²) in [6.45, 7) is 6.28. The minimum Gasteiger partial charge on any atom is -0.389 e. The average molecular weight is 373 g/mol. The molecule has 4 aliphatic carbocycles. The lowest BCUT2D eigenvalue weighted by Crippen LogP contribution is -2.56. The zero-order chi connectivity index (χ0) is 19.1. The van der Waals surface area contributed by atoms with E-state index in [1.807, 2.05) is 0 Å². The Morgan fingerprint density at radius 1 is 1.07 bits per heavy atom. The summed E-state index contributed by atoms with van der Waals surface area (Å²) in [6.07, 6.45) is 11.4. The lowest BCUT2D eigenvalue weighted by atomic mass is 9.46. The molecule has 3 saturated carbocycles. The quantitative estimate of drug-likeness (QED) is 0.710. The Morgan fingerprint density at radius 2 is 1.81 bits per heavy atom. The van der Waals surface area contributed by atoms with E-state index in [1.165, 1.54) is 51.5 Å². The first-order valence-electron chi connectivity index (χ1n) is 11.5. The molecule has 9 atom stereocenters. The van der Waals surface area contributed by atoms with Crippen molar-refractivity contribution in [3.63, 3.8) is 0 Å². The van der Waals surface area contributed by atoms with Gasteiger partial charge >= 0.3 is 0 Å². The van der Waals surface area contributed by atoms with Crippen molar-refractivity contribution in [3.8, 4) is 0 Å². The number of aliphatic hydroxyl groups excluding tert-OH is 1. The maximum Gasteiger partial charge on any atom is 0.0757 e. The van der Waals surface area contributed by atoms with Crippen molar-refractivity contribution in [2.24, 2.45) is 34.5 Å². The first kappa shape index (κ1) is 18.6. The zero-order valence-corrected chi connectivity index (χ0v) is 18.1. The van der Waals surface area contributed by atoms with E-state index in [0.717, 1.165) is 17.9 Å². The number of hydrogen-bond acceptors (Lipinski definition) is 3. The summed E-state index contributed by atoms with van der Waals surface area (Å²) >= 11 is 0. The van der Waals surface area contributed by atoms with E-state index in [4.69, 9.17) is 0 Å². The molecular weight excluding hydrogens is 332 g/mol. The third-order valence-electron chi connectivity index (χ3n) is 10.4. The molecule has 0 unspecified atom stereocenters. The maximum atomic E-state index is 11.4. The van der Waals surface area contributed by atoms with Crippen molar-refractivity contribution >= 4 is 0 Å². The van der Waals surface area contributed by atoms with Crippen LogP contribution < -0.4 is 0 Å². The van der Waals surface area contributed by atoms with E-state index >= 15 is 0 Å². The fraction of sp³-hybridized carbons (Fsp3) is 0.917. The van der Waals surface area contributed by atoms with Gasteiger partial charge in [-0.1, -0.05) is 18.6 Å². The molecule has 1 spiro atoms. The highest BCUT2D eigenvalue weighted by atomic mass is 16.3. The van der Waals surface area contributed by atoms with Crippen molar-refractivity contribution in [2.45, 2.75) is 77.0 Å². The van der Waals surface area contributed by atoms with Gasteiger partial charge in [-0.2, -0.15) is 0 Å². The highest BCUT2D eigenvalue weighted by Gasteiger charge is 2.65. The fourth-order valence-electron chi connectivity index (χ4n) is 8.88. The van der Waals surface area contributed by atoms with Crippen LogP contribution in [0.1, 0.15) is 58.8 Å². The van der Waals surface area contributed by atoms with Gasteiger partial charge in [0, 0.05) is 18.6 Å². The minimum absolute atomic E-state index is 0.207. The van der Waals surface area contributed by atoms with Crippen molar-refractivity contribution in [3.05, 3.63) is 11.6 Å². The van der Waals surface area contributed by atoms with Gasteiger partial charge in [0.15, 0.2) is 0 Å². The number of fused-ring (bicyclic) bond motifs is 4. The minimum atomic E-state index is -0.207. The van der Waals surface area contributed by atoms with Crippen molar-refractivity contribution in [2.75, 3.05) is 27.7 Å². The highest BCUT2D eigenvalue weighted by Crippen LogP contribution is 2.68. The molecule has 0 aromatic carbocycles. The molecule has 1 heterocycles. The van der Waals surface area contributed by atoms with Crippen LogP contribution in [-0.2, 0) is 0 Å². The number of hydrogen-bond donors (Lipinski definition) is 1. The molecule has 3 nitrogen and oxygen atoms in total. The standard InChI is InChI=1S/C24H40N2O/c1-15-18-6-7-20-22-19(9-11-24(18,20)14-26(15)5)23(2)10-8-17(25(3)4)12-16(23)13-21(22)27/h13,15,17-22,27H,6-12,14H2,1-5H3/t15-,17-,18+,19+,20+,21+,22+,23-,24-/m0/s1. The largest absolute Gasteiger partial charge is 0.389 e. The second kappa shape index (κ2) is 6.06. The Balaban J connectivity index is 1.49. The summed E-state index contributed by atoms with van der Waals surface area (Å²) in [4.78, 5) is 5.02. The molecule has 1 N–H and O–H groups in total. The monoisotopic (exact) mass is 372 g/mol. The Kier molecular flexibility index (Phi) is 4.18. The molecule has 5 rings (SSSR count). The van der Waals surface area contributed by atoms with Gasteiger partial charge in [0.25, 0.3) is 0 Å². The van der Waals surface area contributed by atoms with Gasteiger partial charge in [0.1, 0.15) is 0 Å². The van der Waals surface area contributed by atoms with Crippen molar-refractivity contribution < 1.29 is 5.11 Å². The molecule has 0 aromatic heterocycles. The van der Waals surface area contributed by atoms with Crippen LogP contribution in [0.5, 0.6) is 0 Å². The van der Waals surface area contributed by atoms with Crippen LogP contribution in [-0.4, -0.2) is 60.8 Å². The van der Waals surface area contributed by atoms with E-state index in [2.05, 4.69) is 50.9 Å². The molecule has 3 heteroatoms. The van der Waals surface area contributed by atoms with Gasteiger partial charge in [-0.25, -0.2) is 0 Å². The summed E-state index contributed by atoms with van der Waals surface area (Å²) in [5.74, 6) is 2.81. The number of nitrogens with zero attached hydrogens (tertiary/aromatic N) is 2. The molecule has 1 saturated heterocycles. The third-order valence-corrected chi connectivity index (χ3v) is 10.4. The number of likely N-dealkylation sites (tertiary alicyclic amines) is 1. The summed E-state index contributed by atoms with van der Waals surface area (Å²) in [5, 5.41) is 11.4. The average Bonchev–Trinajstić information content (AvgIpc) is 3.10. The van der Waals surface area contributed by atoms with Gasteiger partial charge in [0.05, 0.1) is 6.10 Å². The molecule has 27 heavy (non-hydrogen) atoms. The second-order valence-corrected chi connectivity index (χ2v) is 11.4. The Bertz CT molecular complexity index is 644. The normalized spacial score (nSPS) is 54.9. The van der Waals surface area contributed by atoms with Crippen LogP contribution in [0.25, 0.3) is 0 Å². The van der Waals surface area contributed by atoms with Crippen LogP contribution in [0.4, 0.5) is 0 Å². The molecule has 152 valence electrons. The fourth-order valence-corrected chi connectivity index (χ4v) is 8.88. The Labute approximate surface area is 166 Å². The second-order valence-electron chi connectivity index (χ2n) is 11.4. The van der Waals surface area contributed by atoms with Crippen molar-refractivity contribution in [1.82, 2.24) is 9.80 Å². The lowest BCUT2D eigenvalue weighted by molar-refractivity contribution is -0.0882. The summed E-state index contributed by atoms with van der Waals surface area (Å²) < 4.78 is 0. The predicted octanol–water partition coefficient (Wildman–Crippen LogP) is 3.78. The molecule has 0 bridgehead atoms. The molecule has 0 aromatic rings. The molecular formula is C24H40N2O. The molecule has 5 aliphatic rings. The van der Waals surface area contributed by atoms with Gasteiger partial charge in [-0.15, -0.1) is 0 Å². The van der Waals surface area contributed by atoms with Crippen LogP contribution in [0.15, 0.2) is 11.6 Å². The van der Waals surface area contributed by atoms with Crippen LogP contribution in [0.3, 0.4) is 0 Å². The van der Waals surface area contributed by atoms with E-state index in [0.29, 0.717) is 28.7 Å². The van der Waals surface area contributed by atoms with E-state index in [-0.39, 0.29) is 6.10 Å². The van der Waals surface area contributed by atoms with E-state index in [1.54, 1.807) is 5.57 Å². The molecule has 4 fully saturated rings. The predicted molar refractivity (Wildman–Crippen MR) is 110 cm³/mol. The molecule has 1 aliphatic heterocycles. The summed E-state index contributed by atoms with van der Waals surface area (Å²) in [5.41, 5.74) is 2.43. The van der Waals surface area contributed by atoms with Gasteiger partial charge in [-0.05, 0) is 108 Å². The first-order chi connectivity index (χ1) is 12.8. The maximum absolute atomic E-state index is 11.4. The Hall–Kier alpha value is -0.380. The lowest BCUT2D eigenvalue weighted by Gasteiger charge is -2.59. The number of rotatable bonds is 1.